The largest absolute Gasteiger partial charge is 0.462 e. The normalized spacial score (nSPS) is 22.7. The summed E-state index contributed by atoms with van der Waals surface area (Å²) in [4.78, 5) is 30.9. The summed E-state index contributed by atoms with van der Waals surface area (Å²) < 4.78 is 40.0. The number of aliphatic imine (C=N–C) groups is 1. The predicted octanol–water partition coefficient (Wildman–Crippen LogP) is 3.49. The second-order valence-corrected chi connectivity index (χ2v) is 7.87. The van der Waals surface area contributed by atoms with Gasteiger partial charge in [-0.2, -0.15) is 11.8 Å². The Morgan fingerprint density at radius 1 is 1.28 bits per heavy atom. The van der Waals surface area contributed by atoms with Crippen LogP contribution in [0.25, 0.3) is 0 Å². The van der Waals surface area contributed by atoms with Gasteiger partial charge in [-0.05, 0) is 37.7 Å². The molecule has 1 unspecified atom stereocenters. The van der Waals surface area contributed by atoms with Gasteiger partial charge in [-0.15, -0.1) is 0 Å². The van der Waals surface area contributed by atoms with Crippen molar-refractivity contribution in [3.8, 4) is 0 Å². The van der Waals surface area contributed by atoms with Crippen molar-refractivity contribution in [3.05, 3.63) is 45.4 Å². The molecule has 3 rings (SSSR count). The highest BCUT2D eigenvalue weighted by Gasteiger charge is 2.49. The SMILES string of the molecule is CCOC(=O)C(C(=O)OCC)=C1SC=C2CN=C3C(=CC=C(F)C3(F)CSC)N21. The van der Waals surface area contributed by atoms with Gasteiger partial charge in [0.25, 0.3) is 0 Å². The minimum absolute atomic E-state index is 0.0592. The maximum absolute atomic E-state index is 15.6. The van der Waals surface area contributed by atoms with E-state index in [-0.39, 0.29) is 47.5 Å². The van der Waals surface area contributed by atoms with Gasteiger partial charge < -0.3 is 14.4 Å². The molecule has 0 fully saturated rings. The summed E-state index contributed by atoms with van der Waals surface area (Å²) in [5, 5.41) is 1.95. The minimum Gasteiger partial charge on any atom is -0.462 e. The van der Waals surface area contributed by atoms with E-state index in [2.05, 4.69) is 4.99 Å². The molecule has 0 radical (unpaired) electrons. The average Bonchev–Trinajstić information content (AvgIpc) is 3.10. The number of halogens is 2. The first-order valence-electron chi connectivity index (χ1n) is 8.94. The predicted molar refractivity (Wildman–Crippen MR) is 110 cm³/mol. The number of rotatable bonds is 6. The lowest BCUT2D eigenvalue weighted by atomic mass is 9.90. The van der Waals surface area contributed by atoms with Crippen molar-refractivity contribution in [2.45, 2.75) is 19.5 Å². The number of fused-ring (bicyclic) bond motifs is 3. The Bertz CT molecular complexity index is 875. The molecule has 156 valence electrons. The molecule has 3 aliphatic rings. The zero-order valence-electron chi connectivity index (χ0n) is 16.2. The number of nitrogens with zero attached hydrogens (tertiary/aromatic N) is 2. The third kappa shape index (κ3) is 3.75. The molecule has 1 aliphatic carbocycles. The second kappa shape index (κ2) is 8.74. The molecule has 0 aromatic heterocycles. The third-order valence-electron chi connectivity index (χ3n) is 4.34. The molecule has 6 nitrogen and oxygen atoms in total. The van der Waals surface area contributed by atoms with Crippen LogP contribution in [-0.2, 0) is 19.1 Å². The van der Waals surface area contributed by atoms with E-state index in [1.54, 1.807) is 30.4 Å². The highest BCUT2D eigenvalue weighted by atomic mass is 32.2. The first-order chi connectivity index (χ1) is 13.9. The second-order valence-electron chi connectivity index (χ2n) is 6.15. The van der Waals surface area contributed by atoms with Crippen LogP contribution in [0, 0.1) is 0 Å². The summed E-state index contributed by atoms with van der Waals surface area (Å²) in [7, 11) is 0. The maximum atomic E-state index is 15.6. The minimum atomic E-state index is -2.37. The van der Waals surface area contributed by atoms with Crippen molar-refractivity contribution in [2.75, 3.05) is 31.8 Å². The van der Waals surface area contributed by atoms with Gasteiger partial charge in [-0.3, -0.25) is 4.99 Å². The first-order valence-corrected chi connectivity index (χ1v) is 11.2. The van der Waals surface area contributed by atoms with Gasteiger partial charge in [0.05, 0.1) is 31.2 Å². The van der Waals surface area contributed by atoms with E-state index in [9.17, 15) is 14.0 Å². The highest BCUT2D eigenvalue weighted by Crippen LogP contribution is 2.46. The fraction of sp³-hybridized carbons (Fsp3) is 0.421. The molecule has 0 saturated carbocycles. The number of esters is 2. The lowest BCUT2D eigenvalue weighted by Crippen LogP contribution is -2.46. The van der Waals surface area contributed by atoms with Gasteiger partial charge in [-0.25, -0.2) is 18.4 Å². The lowest BCUT2D eigenvalue weighted by molar-refractivity contribution is -0.146. The van der Waals surface area contributed by atoms with Gasteiger partial charge in [-0.1, -0.05) is 11.8 Å². The standard InChI is InChI=1S/C19H20F2N2O4S2/c1-4-26-17(24)14(18(25)27-5-2)16-23-11(9-29-16)8-22-15-12(23)6-7-13(20)19(15,21)10-28-3/h6-7,9H,4-5,8,10H2,1-3H3. The van der Waals surface area contributed by atoms with Crippen molar-refractivity contribution in [3.63, 3.8) is 0 Å². The number of allylic oxidation sites excluding steroid dienone is 4. The summed E-state index contributed by atoms with van der Waals surface area (Å²) in [6.45, 7) is 3.49. The number of carbonyl (C=O) groups excluding carboxylic acids is 2. The van der Waals surface area contributed by atoms with E-state index in [1.165, 1.54) is 6.08 Å². The molecule has 0 aromatic rings. The number of alkyl halides is 1. The summed E-state index contributed by atoms with van der Waals surface area (Å²) in [6.07, 6.45) is 4.14. The molecule has 0 amide bonds. The van der Waals surface area contributed by atoms with Crippen LogP contribution < -0.4 is 0 Å². The lowest BCUT2D eigenvalue weighted by Gasteiger charge is -2.37. The van der Waals surface area contributed by atoms with Gasteiger partial charge in [0.15, 0.2) is 5.57 Å². The van der Waals surface area contributed by atoms with Crippen LogP contribution in [0.2, 0.25) is 0 Å². The zero-order valence-corrected chi connectivity index (χ0v) is 17.8. The van der Waals surface area contributed by atoms with Crippen LogP contribution in [0.4, 0.5) is 8.78 Å². The maximum Gasteiger partial charge on any atom is 0.348 e. The van der Waals surface area contributed by atoms with Crippen LogP contribution in [-0.4, -0.2) is 60.0 Å². The van der Waals surface area contributed by atoms with E-state index in [4.69, 9.17) is 9.47 Å². The Hall–Kier alpha value is -2.07. The topological polar surface area (TPSA) is 68.2 Å². The summed E-state index contributed by atoms with van der Waals surface area (Å²) in [6, 6.07) is 0. The average molecular weight is 443 g/mol. The quantitative estimate of drug-likeness (QED) is 0.270. The van der Waals surface area contributed by atoms with E-state index in [0.717, 1.165) is 29.6 Å². The van der Waals surface area contributed by atoms with Crippen molar-refractivity contribution in [2.24, 2.45) is 4.99 Å². The van der Waals surface area contributed by atoms with Gasteiger partial charge >= 0.3 is 11.9 Å². The van der Waals surface area contributed by atoms with E-state index in [0.29, 0.717) is 5.70 Å². The molecule has 29 heavy (non-hydrogen) atoms. The van der Waals surface area contributed by atoms with Crippen LogP contribution in [0.15, 0.2) is 50.4 Å². The Morgan fingerprint density at radius 2 is 1.93 bits per heavy atom. The Labute approximate surface area is 175 Å². The van der Waals surface area contributed by atoms with Gasteiger partial charge in [0, 0.05) is 5.75 Å². The molecule has 0 saturated heterocycles. The number of ether oxygens (including phenoxy) is 2. The third-order valence-corrected chi connectivity index (χ3v) is 6.02. The molecule has 1 atom stereocenters. The van der Waals surface area contributed by atoms with Crippen molar-refractivity contribution >= 4 is 41.2 Å². The summed E-state index contributed by atoms with van der Waals surface area (Å²) in [5.74, 6) is -2.73. The highest BCUT2D eigenvalue weighted by molar-refractivity contribution is 8.06. The smallest absolute Gasteiger partial charge is 0.348 e. The molecule has 2 aliphatic heterocycles. The van der Waals surface area contributed by atoms with Crippen molar-refractivity contribution in [1.29, 1.82) is 0 Å². The van der Waals surface area contributed by atoms with Crippen LogP contribution >= 0.6 is 23.5 Å². The van der Waals surface area contributed by atoms with E-state index in [1.807, 2.05) is 0 Å². The van der Waals surface area contributed by atoms with Gasteiger partial charge in [0.1, 0.15) is 16.6 Å². The van der Waals surface area contributed by atoms with Gasteiger partial charge in [0.2, 0.25) is 5.67 Å². The summed E-state index contributed by atoms with van der Waals surface area (Å²) >= 11 is 2.28. The van der Waals surface area contributed by atoms with Crippen LogP contribution in [0.1, 0.15) is 13.8 Å². The molecular weight excluding hydrogens is 422 g/mol. The van der Waals surface area contributed by atoms with E-state index >= 15 is 4.39 Å². The zero-order chi connectivity index (χ0) is 21.2. The first kappa shape index (κ1) is 21.6. The molecule has 0 aromatic carbocycles. The Morgan fingerprint density at radius 3 is 2.52 bits per heavy atom. The van der Waals surface area contributed by atoms with Crippen molar-refractivity contribution < 1.29 is 27.8 Å². The Balaban J connectivity index is 2.12. The monoisotopic (exact) mass is 442 g/mol. The van der Waals surface area contributed by atoms with Crippen LogP contribution in [0.3, 0.4) is 0 Å². The number of hydrogen-bond donors (Lipinski definition) is 0. The fourth-order valence-corrected chi connectivity index (χ4v) is 4.83. The molecule has 0 spiro atoms. The molecule has 0 N–H and O–H groups in total. The van der Waals surface area contributed by atoms with E-state index < -0.39 is 23.4 Å². The Kier molecular flexibility index (Phi) is 6.52. The molecule has 2 heterocycles. The fourth-order valence-electron chi connectivity index (χ4n) is 3.13. The van der Waals surface area contributed by atoms with Crippen LogP contribution in [0.5, 0.6) is 0 Å². The van der Waals surface area contributed by atoms with Crippen molar-refractivity contribution in [1.82, 2.24) is 4.90 Å². The molecule has 10 heteroatoms. The number of carbonyl (C=O) groups is 2. The molecule has 0 bridgehead atoms. The number of hydrogen-bond acceptors (Lipinski definition) is 8. The molecular formula is C19H20F2N2O4S2. The summed E-state index contributed by atoms with van der Waals surface area (Å²) in [5.41, 5.74) is -1.78. The number of thioether (sulfide) groups is 2.